The molecule has 0 spiro atoms. The molecule has 1 saturated heterocycles. The summed E-state index contributed by atoms with van der Waals surface area (Å²) in [4.78, 5) is 37.3. The molecule has 1 aliphatic heterocycles. The third-order valence-electron chi connectivity index (χ3n) is 5.80. The molecular weight excluding hydrogens is 530 g/mol. The molecule has 1 aliphatic carbocycles. The van der Waals surface area contributed by atoms with E-state index in [-0.39, 0.29) is 71.8 Å². The molecule has 1 heterocycles. The molecule has 14 heteroatoms. The Labute approximate surface area is 235 Å². The van der Waals surface area contributed by atoms with Crippen molar-refractivity contribution >= 4 is 45.3 Å². The number of carbonyl (C=O) groups excluding carboxylic acids is 3. The summed E-state index contributed by atoms with van der Waals surface area (Å²) < 4.78 is 52.1. The summed E-state index contributed by atoms with van der Waals surface area (Å²) in [5.41, 5.74) is -0.225. The molecular formula is C22H25ClFN2NaO8S. The zero-order valence-corrected chi connectivity index (χ0v) is 23.5. The van der Waals surface area contributed by atoms with E-state index < -0.39 is 51.9 Å². The predicted octanol–water partition coefficient (Wildman–Crippen LogP) is -1.03. The van der Waals surface area contributed by atoms with Crippen LogP contribution in [0.25, 0.3) is 0 Å². The fraction of sp³-hybridized carbons (Fsp3) is 0.500. The van der Waals surface area contributed by atoms with Gasteiger partial charge in [-0.25, -0.2) is 26.7 Å². The van der Waals surface area contributed by atoms with Crippen molar-refractivity contribution in [3.63, 3.8) is 0 Å². The number of halogens is 2. The maximum Gasteiger partial charge on any atom is 1.00 e. The summed E-state index contributed by atoms with van der Waals surface area (Å²) in [5, 5.41) is 9.71. The summed E-state index contributed by atoms with van der Waals surface area (Å²) in [7, 11) is -4.44. The summed E-state index contributed by atoms with van der Waals surface area (Å²) in [6, 6.07) is 1.80. The number of amides is 1. The van der Waals surface area contributed by atoms with Gasteiger partial charge in [-0.1, -0.05) is 17.7 Å². The Bertz CT molecular complexity index is 1130. The number of anilines is 1. The van der Waals surface area contributed by atoms with Gasteiger partial charge in [-0.3, -0.25) is 4.90 Å². The molecule has 1 fully saturated rings. The predicted molar refractivity (Wildman–Crippen MR) is 121 cm³/mol. The Morgan fingerprint density at radius 1 is 1.22 bits per heavy atom. The van der Waals surface area contributed by atoms with Crippen molar-refractivity contribution in [2.24, 2.45) is 0 Å². The van der Waals surface area contributed by atoms with Gasteiger partial charge in [-0.05, 0) is 57.2 Å². The second kappa shape index (κ2) is 13.1. The zero-order valence-electron chi connectivity index (χ0n) is 19.9. The van der Waals surface area contributed by atoms with Crippen molar-refractivity contribution in [3.05, 3.63) is 40.7 Å². The average molecular weight is 555 g/mol. The first-order valence-corrected chi connectivity index (χ1v) is 12.9. The number of carboxylic acid groups (broad SMARTS) is 1. The van der Waals surface area contributed by atoms with Gasteiger partial charge in [-0.2, -0.15) is 0 Å². The van der Waals surface area contributed by atoms with Crippen LogP contribution < -0.4 is 39.0 Å². The number of ether oxygens (including phenoxy) is 2. The number of hydrogen-bond acceptors (Lipinski definition) is 8. The quantitative estimate of drug-likeness (QED) is 0.226. The van der Waals surface area contributed by atoms with E-state index in [4.69, 9.17) is 21.1 Å². The molecule has 1 unspecified atom stereocenters. The van der Waals surface area contributed by atoms with Gasteiger partial charge in [0.1, 0.15) is 11.1 Å². The molecule has 1 aromatic carbocycles. The number of esters is 1. The minimum Gasteiger partial charge on any atom is -0.548 e. The van der Waals surface area contributed by atoms with Crippen LogP contribution in [0.5, 0.6) is 0 Å². The van der Waals surface area contributed by atoms with Crippen LogP contribution in [-0.2, 0) is 29.1 Å². The molecule has 0 aromatic heterocycles. The first-order chi connectivity index (χ1) is 16.6. The summed E-state index contributed by atoms with van der Waals surface area (Å²) in [5.74, 6) is -2.94. The first-order valence-electron chi connectivity index (χ1n) is 11.1. The minimum atomic E-state index is -4.44. The van der Waals surface area contributed by atoms with E-state index in [2.05, 4.69) is 0 Å². The van der Waals surface area contributed by atoms with Gasteiger partial charge in [0.05, 0.1) is 34.9 Å². The Balaban J connectivity index is 0.00000456. The number of sulfonamides is 1. The average Bonchev–Trinajstić information content (AvgIpc) is 3.31. The van der Waals surface area contributed by atoms with Crippen molar-refractivity contribution in [1.82, 2.24) is 4.90 Å². The standard InChI is InChI=1S/C22H26ClFN2O8S.Na/c1-2-33-21(29)15-6-3-4-8-19(15)35(31,32)26(17-10-9-14(24)12-16(17)23)13-34-22(30)25-11-5-7-18(25)20(27)28;/h6,9-10,12,18-19H,2-5,7-8,11,13H2,1H3,(H,27,28);/q;+1/p-1/t18-,19?;/m1./s1. The number of aliphatic carboxylic acids is 1. The number of allylic oxidation sites excluding steroid dienone is 1. The van der Waals surface area contributed by atoms with Gasteiger partial charge in [0.25, 0.3) is 0 Å². The van der Waals surface area contributed by atoms with Gasteiger partial charge in [-0.15, -0.1) is 0 Å². The van der Waals surface area contributed by atoms with Crippen LogP contribution in [0.2, 0.25) is 5.02 Å². The van der Waals surface area contributed by atoms with E-state index in [9.17, 15) is 32.3 Å². The van der Waals surface area contributed by atoms with Gasteiger partial charge < -0.3 is 19.4 Å². The van der Waals surface area contributed by atoms with Crippen LogP contribution in [0.15, 0.2) is 29.8 Å². The topological polar surface area (TPSA) is 133 Å². The molecule has 3 rings (SSSR count). The van der Waals surface area contributed by atoms with E-state index in [1.165, 1.54) is 6.08 Å². The van der Waals surface area contributed by atoms with Crippen molar-refractivity contribution in [2.45, 2.75) is 50.3 Å². The molecule has 0 saturated carbocycles. The minimum absolute atomic E-state index is 0. The maximum atomic E-state index is 13.8. The molecule has 10 nitrogen and oxygen atoms in total. The van der Waals surface area contributed by atoms with Crippen LogP contribution in [0.1, 0.15) is 39.0 Å². The van der Waals surface area contributed by atoms with E-state index >= 15 is 0 Å². The number of carbonyl (C=O) groups is 3. The van der Waals surface area contributed by atoms with E-state index in [0.29, 0.717) is 23.6 Å². The molecule has 192 valence electrons. The Morgan fingerprint density at radius 2 is 1.94 bits per heavy atom. The van der Waals surface area contributed by atoms with Crippen molar-refractivity contribution in [2.75, 3.05) is 24.2 Å². The Kier molecular flexibility index (Phi) is 11.0. The fourth-order valence-corrected chi connectivity index (χ4v) is 6.37. The normalized spacial score (nSPS) is 19.6. The number of nitrogens with zero attached hydrogens (tertiary/aromatic N) is 2. The summed E-state index contributed by atoms with van der Waals surface area (Å²) in [6.07, 6.45) is 2.07. The van der Waals surface area contributed by atoms with Gasteiger partial charge in [0.2, 0.25) is 10.0 Å². The van der Waals surface area contributed by atoms with Crippen LogP contribution in [0.4, 0.5) is 14.9 Å². The second-order valence-corrected chi connectivity index (χ2v) is 10.4. The molecule has 1 aromatic rings. The molecule has 0 N–H and O–H groups in total. The van der Waals surface area contributed by atoms with Gasteiger partial charge in [0.15, 0.2) is 6.73 Å². The SMILES string of the molecule is CCOC(=O)C1=CCCCC1S(=O)(=O)N(COC(=O)N1CCC[C@@H]1C(=O)[O-])c1ccc(F)cc1Cl.[Na+]. The third-order valence-corrected chi connectivity index (χ3v) is 8.23. The number of carboxylic acids is 1. The molecule has 1 amide bonds. The van der Waals surface area contributed by atoms with Gasteiger partial charge in [0, 0.05) is 6.54 Å². The van der Waals surface area contributed by atoms with Crippen LogP contribution in [-0.4, -0.2) is 62.5 Å². The summed E-state index contributed by atoms with van der Waals surface area (Å²) >= 11 is 6.14. The monoisotopic (exact) mass is 554 g/mol. The molecule has 0 bridgehead atoms. The number of benzene rings is 1. The van der Waals surface area contributed by atoms with Crippen LogP contribution in [0.3, 0.4) is 0 Å². The maximum absolute atomic E-state index is 13.8. The second-order valence-electron chi connectivity index (χ2n) is 8.00. The van der Waals surface area contributed by atoms with Crippen molar-refractivity contribution in [1.29, 1.82) is 0 Å². The zero-order chi connectivity index (χ0) is 25.8. The van der Waals surface area contributed by atoms with Crippen molar-refractivity contribution in [3.8, 4) is 0 Å². The van der Waals surface area contributed by atoms with E-state index in [1.54, 1.807) is 6.92 Å². The molecule has 0 radical (unpaired) electrons. The van der Waals surface area contributed by atoms with Crippen molar-refractivity contribution < 1.29 is 71.3 Å². The molecule has 36 heavy (non-hydrogen) atoms. The van der Waals surface area contributed by atoms with Gasteiger partial charge >= 0.3 is 41.6 Å². The number of hydrogen-bond donors (Lipinski definition) is 0. The van der Waals surface area contributed by atoms with Crippen LogP contribution >= 0.6 is 11.6 Å². The third kappa shape index (κ3) is 6.71. The Morgan fingerprint density at radius 3 is 2.58 bits per heavy atom. The smallest absolute Gasteiger partial charge is 0.548 e. The summed E-state index contributed by atoms with van der Waals surface area (Å²) in [6.45, 7) is 0.853. The van der Waals surface area contributed by atoms with E-state index in [0.717, 1.165) is 23.1 Å². The molecule has 2 atom stereocenters. The Hall–Kier alpha value is -1.86. The fourth-order valence-electron chi connectivity index (χ4n) is 4.13. The first kappa shape index (κ1) is 30.4. The van der Waals surface area contributed by atoms with Crippen LogP contribution in [0, 0.1) is 5.82 Å². The van der Waals surface area contributed by atoms with E-state index in [1.807, 2.05) is 0 Å². The number of rotatable bonds is 8. The largest absolute Gasteiger partial charge is 1.00 e. The number of likely N-dealkylation sites (tertiary alicyclic amines) is 1. The molecule has 2 aliphatic rings.